The van der Waals surface area contributed by atoms with Crippen LogP contribution in [0, 0.1) is 0 Å². The molecule has 0 aliphatic rings. The Bertz CT molecular complexity index is 557. The van der Waals surface area contributed by atoms with Gasteiger partial charge < -0.3 is 14.2 Å². The van der Waals surface area contributed by atoms with Gasteiger partial charge in [0.1, 0.15) is 12.4 Å². The minimum absolute atomic E-state index is 0.116. The molecule has 0 amide bonds. The summed E-state index contributed by atoms with van der Waals surface area (Å²) in [5.41, 5.74) is 0. The van der Waals surface area contributed by atoms with Crippen molar-refractivity contribution in [2.45, 2.75) is 6.54 Å². The Balaban J connectivity index is 1.49. The number of halogens is 1. The van der Waals surface area contributed by atoms with Crippen molar-refractivity contribution in [2.75, 3.05) is 26.4 Å². The first kappa shape index (κ1) is 16.5. The summed E-state index contributed by atoms with van der Waals surface area (Å²) in [6.07, 6.45) is 3.58. The molecule has 6 nitrogen and oxygen atoms in total. The van der Waals surface area contributed by atoms with Crippen LogP contribution >= 0.6 is 15.9 Å². The zero-order valence-electron chi connectivity index (χ0n) is 12.0. The Morgan fingerprint density at radius 1 is 1.18 bits per heavy atom. The van der Waals surface area contributed by atoms with E-state index in [9.17, 15) is 4.79 Å². The van der Waals surface area contributed by atoms with Crippen molar-refractivity contribution in [3.63, 3.8) is 0 Å². The minimum Gasteiger partial charge on any atom is -0.482 e. The van der Waals surface area contributed by atoms with Crippen LogP contribution in [0.5, 0.6) is 5.75 Å². The molecular formula is C15H17BrN2O4. The molecule has 0 radical (unpaired) electrons. The molecule has 0 spiro atoms. The van der Waals surface area contributed by atoms with Crippen LogP contribution in [-0.4, -0.2) is 42.2 Å². The highest BCUT2D eigenvalue weighted by molar-refractivity contribution is 9.10. The van der Waals surface area contributed by atoms with Crippen LogP contribution in [0.1, 0.15) is 0 Å². The standard InChI is InChI=1S/C15H17BrN2O4/c16-13-2-4-14(5-3-13)22-12-15(19)21-11-10-20-9-8-18-7-1-6-17-18/h1-7H,8-12H2. The van der Waals surface area contributed by atoms with Crippen LogP contribution in [0.15, 0.2) is 47.2 Å². The average molecular weight is 369 g/mol. The lowest BCUT2D eigenvalue weighted by atomic mass is 10.3. The lowest BCUT2D eigenvalue weighted by Gasteiger charge is -2.08. The number of rotatable bonds is 9. The molecule has 2 aromatic rings. The molecule has 0 unspecified atom stereocenters. The number of ether oxygens (including phenoxy) is 3. The molecule has 118 valence electrons. The second-order valence-corrected chi connectivity index (χ2v) is 5.26. The van der Waals surface area contributed by atoms with Gasteiger partial charge in [0, 0.05) is 16.9 Å². The first-order valence-electron chi connectivity index (χ1n) is 6.83. The molecule has 0 N–H and O–H groups in total. The van der Waals surface area contributed by atoms with Crippen LogP contribution in [-0.2, 0) is 20.8 Å². The van der Waals surface area contributed by atoms with E-state index in [1.807, 2.05) is 24.4 Å². The van der Waals surface area contributed by atoms with Gasteiger partial charge in [-0.3, -0.25) is 4.68 Å². The van der Waals surface area contributed by atoms with Gasteiger partial charge in [-0.1, -0.05) is 15.9 Å². The van der Waals surface area contributed by atoms with Gasteiger partial charge in [-0.15, -0.1) is 0 Å². The van der Waals surface area contributed by atoms with E-state index in [1.54, 1.807) is 23.0 Å². The lowest BCUT2D eigenvalue weighted by Crippen LogP contribution is -2.18. The molecule has 0 aliphatic heterocycles. The highest BCUT2D eigenvalue weighted by Crippen LogP contribution is 2.15. The Hall–Kier alpha value is -1.86. The van der Waals surface area contributed by atoms with Crippen LogP contribution in [0.2, 0.25) is 0 Å². The maximum Gasteiger partial charge on any atom is 0.344 e. The topological polar surface area (TPSA) is 62.6 Å². The normalized spacial score (nSPS) is 10.4. The minimum atomic E-state index is -0.418. The lowest BCUT2D eigenvalue weighted by molar-refractivity contribution is -0.147. The van der Waals surface area contributed by atoms with E-state index in [4.69, 9.17) is 14.2 Å². The van der Waals surface area contributed by atoms with Crippen LogP contribution in [0.4, 0.5) is 0 Å². The fraction of sp³-hybridized carbons (Fsp3) is 0.333. The van der Waals surface area contributed by atoms with Gasteiger partial charge in [0.25, 0.3) is 0 Å². The molecule has 0 bridgehead atoms. The van der Waals surface area contributed by atoms with Crippen molar-refractivity contribution in [2.24, 2.45) is 0 Å². The molecule has 1 aromatic carbocycles. The fourth-order valence-electron chi connectivity index (χ4n) is 1.62. The summed E-state index contributed by atoms with van der Waals surface area (Å²) >= 11 is 3.33. The molecule has 7 heteroatoms. The SMILES string of the molecule is O=C(COc1ccc(Br)cc1)OCCOCCn1cccn1. The average Bonchev–Trinajstić information content (AvgIpc) is 3.03. The third kappa shape index (κ3) is 6.28. The fourth-order valence-corrected chi connectivity index (χ4v) is 1.89. The number of carbonyl (C=O) groups excluding carboxylic acids is 1. The van der Waals surface area contributed by atoms with E-state index in [1.165, 1.54) is 0 Å². The van der Waals surface area contributed by atoms with Crippen molar-refractivity contribution in [1.29, 1.82) is 0 Å². The van der Waals surface area contributed by atoms with Crippen molar-refractivity contribution in [3.05, 3.63) is 47.2 Å². The Kier molecular flexibility index (Phi) is 6.92. The maximum absolute atomic E-state index is 11.5. The molecule has 0 saturated carbocycles. The van der Waals surface area contributed by atoms with Crippen molar-refractivity contribution < 1.29 is 19.0 Å². The third-order valence-corrected chi connectivity index (χ3v) is 3.21. The van der Waals surface area contributed by atoms with Crippen LogP contribution in [0.3, 0.4) is 0 Å². The largest absolute Gasteiger partial charge is 0.482 e. The zero-order valence-corrected chi connectivity index (χ0v) is 13.6. The van der Waals surface area contributed by atoms with Gasteiger partial charge in [-0.2, -0.15) is 5.10 Å². The Labute approximate surface area is 137 Å². The Morgan fingerprint density at radius 3 is 2.73 bits per heavy atom. The third-order valence-electron chi connectivity index (χ3n) is 2.68. The molecule has 0 atom stereocenters. The number of hydrogen-bond donors (Lipinski definition) is 0. The van der Waals surface area contributed by atoms with Crippen molar-refractivity contribution in [3.8, 4) is 5.75 Å². The molecular weight excluding hydrogens is 352 g/mol. The van der Waals surface area contributed by atoms with E-state index in [2.05, 4.69) is 21.0 Å². The number of aromatic nitrogens is 2. The second-order valence-electron chi connectivity index (χ2n) is 4.34. The van der Waals surface area contributed by atoms with Crippen LogP contribution < -0.4 is 4.74 Å². The first-order chi connectivity index (χ1) is 10.7. The maximum atomic E-state index is 11.5. The number of nitrogens with zero attached hydrogens (tertiary/aromatic N) is 2. The molecule has 0 saturated heterocycles. The molecule has 2 rings (SSSR count). The van der Waals surface area contributed by atoms with E-state index < -0.39 is 5.97 Å². The molecule has 0 fully saturated rings. The highest BCUT2D eigenvalue weighted by Gasteiger charge is 2.04. The Morgan fingerprint density at radius 2 is 2.00 bits per heavy atom. The molecule has 1 aromatic heterocycles. The highest BCUT2D eigenvalue weighted by atomic mass is 79.9. The van der Waals surface area contributed by atoms with E-state index in [-0.39, 0.29) is 13.2 Å². The van der Waals surface area contributed by atoms with Gasteiger partial charge in [0.05, 0.1) is 19.8 Å². The smallest absolute Gasteiger partial charge is 0.344 e. The predicted molar refractivity (Wildman–Crippen MR) is 83.6 cm³/mol. The van der Waals surface area contributed by atoms with Crippen molar-refractivity contribution in [1.82, 2.24) is 9.78 Å². The zero-order chi connectivity index (χ0) is 15.6. The van der Waals surface area contributed by atoms with Gasteiger partial charge >= 0.3 is 5.97 Å². The van der Waals surface area contributed by atoms with Crippen molar-refractivity contribution >= 4 is 21.9 Å². The first-order valence-corrected chi connectivity index (χ1v) is 7.62. The number of esters is 1. The summed E-state index contributed by atoms with van der Waals surface area (Å²) in [5.74, 6) is 0.203. The summed E-state index contributed by atoms with van der Waals surface area (Å²) in [7, 11) is 0. The summed E-state index contributed by atoms with van der Waals surface area (Å²) in [5, 5.41) is 4.05. The van der Waals surface area contributed by atoms with Gasteiger partial charge in [-0.25, -0.2) is 4.79 Å². The number of benzene rings is 1. The van der Waals surface area contributed by atoms with Gasteiger partial charge in [0.15, 0.2) is 6.61 Å². The quantitative estimate of drug-likeness (QED) is 0.501. The van der Waals surface area contributed by atoms with E-state index >= 15 is 0 Å². The second kappa shape index (κ2) is 9.22. The van der Waals surface area contributed by atoms with E-state index in [0.717, 1.165) is 4.47 Å². The number of carbonyl (C=O) groups is 1. The van der Waals surface area contributed by atoms with E-state index in [0.29, 0.717) is 25.5 Å². The molecule has 22 heavy (non-hydrogen) atoms. The van der Waals surface area contributed by atoms with Gasteiger partial charge in [-0.05, 0) is 30.3 Å². The summed E-state index contributed by atoms with van der Waals surface area (Å²) in [6.45, 7) is 1.64. The summed E-state index contributed by atoms with van der Waals surface area (Å²) in [6, 6.07) is 9.08. The molecule has 0 aliphatic carbocycles. The van der Waals surface area contributed by atoms with Crippen LogP contribution in [0.25, 0.3) is 0 Å². The summed E-state index contributed by atoms with van der Waals surface area (Å²) < 4.78 is 18.4. The monoisotopic (exact) mass is 368 g/mol. The number of hydrogen-bond acceptors (Lipinski definition) is 5. The van der Waals surface area contributed by atoms with Gasteiger partial charge in [0.2, 0.25) is 0 Å². The summed E-state index contributed by atoms with van der Waals surface area (Å²) in [4.78, 5) is 11.5. The molecule has 1 heterocycles. The predicted octanol–water partition coefficient (Wildman–Crippen LogP) is 2.28.